The van der Waals surface area contributed by atoms with Gasteiger partial charge in [-0.05, 0) is 47.0 Å². The van der Waals surface area contributed by atoms with Crippen LogP contribution in [0.2, 0.25) is 0 Å². The highest BCUT2D eigenvalue weighted by atomic mass is 32.2. The normalized spacial score (nSPS) is 30.1. The Morgan fingerprint density at radius 3 is 2.25 bits per heavy atom. The van der Waals surface area contributed by atoms with Crippen LogP contribution >= 0.6 is 0 Å². The average molecular weight is 249 g/mol. The van der Waals surface area contributed by atoms with Crippen molar-refractivity contribution in [1.29, 1.82) is 0 Å². The van der Waals surface area contributed by atoms with Gasteiger partial charge in [0.05, 0.1) is 10.3 Å². The second-order valence-electron chi connectivity index (χ2n) is 5.87. The molecule has 0 aromatic carbocycles. The van der Waals surface area contributed by atoms with E-state index in [-0.39, 0.29) is 0 Å². The van der Waals surface area contributed by atoms with Crippen molar-refractivity contribution in [3.63, 3.8) is 0 Å². The quantitative estimate of drug-likeness (QED) is 0.763. The predicted molar refractivity (Wildman–Crippen MR) is 64.7 cm³/mol. The highest BCUT2D eigenvalue weighted by molar-refractivity contribution is 7.90. The molecule has 1 N–H and O–H groups in total. The minimum absolute atomic E-state index is 0.423. The third kappa shape index (κ3) is 2.96. The van der Waals surface area contributed by atoms with Gasteiger partial charge < -0.3 is 5.11 Å². The van der Waals surface area contributed by atoms with Gasteiger partial charge in [0.15, 0.2) is 0 Å². The first-order valence-corrected chi connectivity index (χ1v) is 7.22. The summed E-state index contributed by atoms with van der Waals surface area (Å²) in [5, 5.41) is 9.92. The minimum atomic E-state index is -3.25. The molecular weight excluding hydrogens is 226 g/mol. The van der Waals surface area contributed by atoms with Crippen molar-refractivity contribution >= 4 is 10.0 Å². The molecule has 4 nitrogen and oxygen atoms in total. The molecule has 0 saturated carbocycles. The molecule has 1 aliphatic heterocycles. The molecule has 1 heterocycles. The molecule has 1 saturated heterocycles. The summed E-state index contributed by atoms with van der Waals surface area (Å²) < 4.78 is 25.2. The fourth-order valence-electron chi connectivity index (χ4n) is 1.87. The highest BCUT2D eigenvalue weighted by Crippen LogP contribution is 2.27. The van der Waals surface area contributed by atoms with Gasteiger partial charge in [0.1, 0.15) is 0 Å². The van der Waals surface area contributed by atoms with Crippen molar-refractivity contribution in [2.24, 2.45) is 0 Å². The molecule has 0 aromatic rings. The summed E-state index contributed by atoms with van der Waals surface area (Å²) in [4.78, 5) is 0. The van der Waals surface area contributed by atoms with Crippen molar-refractivity contribution in [2.45, 2.75) is 57.3 Å². The zero-order valence-corrected chi connectivity index (χ0v) is 11.5. The summed E-state index contributed by atoms with van der Waals surface area (Å²) in [7, 11) is -3.25. The fourth-order valence-corrected chi connectivity index (χ4v) is 3.34. The lowest BCUT2D eigenvalue weighted by molar-refractivity contribution is 0.0464. The SMILES string of the molecule is CC1(O)CCCN(S(=O)(=O)C(C)(C)C)CC1. The van der Waals surface area contributed by atoms with E-state index in [0.717, 1.165) is 6.42 Å². The standard InChI is InChI=1S/C11H23NO3S/c1-10(2,3)16(14,15)12-8-5-6-11(4,13)7-9-12/h13H,5-9H2,1-4H3. The van der Waals surface area contributed by atoms with E-state index in [2.05, 4.69) is 0 Å². The van der Waals surface area contributed by atoms with Crippen LogP contribution in [0.4, 0.5) is 0 Å². The lowest BCUT2D eigenvalue weighted by Crippen LogP contribution is -2.43. The Morgan fingerprint density at radius 1 is 1.19 bits per heavy atom. The Bertz CT molecular complexity index is 341. The number of aliphatic hydroxyl groups is 1. The molecule has 16 heavy (non-hydrogen) atoms. The van der Waals surface area contributed by atoms with Crippen molar-refractivity contribution in [1.82, 2.24) is 4.31 Å². The molecular formula is C11H23NO3S. The first-order valence-electron chi connectivity index (χ1n) is 5.78. The molecule has 0 aliphatic carbocycles. The zero-order valence-electron chi connectivity index (χ0n) is 10.7. The first-order chi connectivity index (χ1) is 7.06. The van der Waals surface area contributed by atoms with Crippen LogP contribution < -0.4 is 0 Å². The van der Waals surface area contributed by atoms with Gasteiger partial charge in [0, 0.05) is 13.1 Å². The molecule has 5 heteroatoms. The monoisotopic (exact) mass is 249 g/mol. The predicted octanol–water partition coefficient (Wildman–Crippen LogP) is 1.35. The molecule has 1 unspecified atom stereocenters. The highest BCUT2D eigenvalue weighted by Gasteiger charge is 2.37. The van der Waals surface area contributed by atoms with Gasteiger partial charge in [-0.3, -0.25) is 0 Å². The van der Waals surface area contributed by atoms with Crippen LogP contribution in [-0.2, 0) is 10.0 Å². The van der Waals surface area contributed by atoms with Crippen LogP contribution in [0.5, 0.6) is 0 Å². The van der Waals surface area contributed by atoms with Crippen LogP contribution in [0.3, 0.4) is 0 Å². The Morgan fingerprint density at radius 2 is 1.75 bits per heavy atom. The van der Waals surface area contributed by atoms with Gasteiger partial charge in [-0.1, -0.05) is 0 Å². The summed E-state index contributed by atoms with van der Waals surface area (Å²) in [6.45, 7) is 7.87. The lowest BCUT2D eigenvalue weighted by Gasteiger charge is -2.29. The van der Waals surface area contributed by atoms with Gasteiger partial charge in [0.25, 0.3) is 0 Å². The van der Waals surface area contributed by atoms with Gasteiger partial charge in [0.2, 0.25) is 10.0 Å². The Balaban J connectivity index is 2.84. The molecule has 1 rings (SSSR count). The number of hydrogen-bond donors (Lipinski definition) is 1. The van der Waals surface area contributed by atoms with Crippen LogP contribution in [-0.4, -0.2) is 41.3 Å². The van der Waals surface area contributed by atoms with Gasteiger partial charge in [-0.25, -0.2) is 12.7 Å². The lowest BCUT2D eigenvalue weighted by atomic mass is 9.98. The van der Waals surface area contributed by atoms with E-state index in [9.17, 15) is 13.5 Å². The topological polar surface area (TPSA) is 57.6 Å². The molecule has 1 atom stereocenters. The van der Waals surface area contributed by atoms with E-state index in [1.54, 1.807) is 27.7 Å². The number of sulfonamides is 1. The summed E-state index contributed by atoms with van der Waals surface area (Å²) in [6, 6.07) is 0. The zero-order chi connectivity index (χ0) is 12.6. The Hall–Kier alpha value is -0.130. The van der Waals surface area contributed by atoms with E-state index >= 15 is 0 Å². The molecule has 96 valence electrons. The van der Waals surface area contributed by atoms with Crippen LogP contribution in [0.1, 0.15) is 47.0 Å². The molecule has 0 aromatic heterocycles. The summed E-state index contributed by atoms with van der Waals surface area (Å²) in [5.41, 5.74) is -0.720. The number of nitrogens with zero attached hydrogens (tertiary/aromatic N) is 1. The van der Waals surface area contributed by atoms with Gasteiger partial charge in [-0.2, -0.15) is 0 Å². The summed E-state index contributed by atoms with van der Waals surface area (Å²) in [6.07, 6.45) is 1.91. The van der Waals surface area contributed by atoms with Crippen LogP contribution in [0.25, 0.3) is 0 Å². The minimum Gasteiger partial charge on any atom is -0.390 e. The van der Waals surface area contributed by atoms with E-state index in [4.69, 9.17) is 0 Å². The third-order valence-electron chi connectivity index (χ3n) is 3.14. The van der Waals surface area contributed by atoms with Crippen molar-refractivity contribution in [3.05, 3.63) is 0 Å². The van der Waals surface area contributed by atoms with Crippen LogP contribution in [0, 0.1) is 0 Å². The maximum Gasteiger partial charge on any atom is 0.219 e. The average Bonchev–Trinajstić information content (AvgIpc) is 2.24. The van der Waals surface area contributed by atoms with E-state index in [1.807, 2.05) is 0 Å². The van der Waals surface area contributed by atoms with Gasteiger partial charge >= 0.3 is 0 Å². The molecule has 0 bridgehead atoms. The number of rotatable bonds is 1. The number of hydrogen-bond acceptors (Lipinski definition) is 3. The molecule has 0 amide bonds. The fraction of sp³-hybridized carbons (Fsp3) is 1.00. The summed E-state index contributed by atoms with van der Waals surface area (Å²) in [5.74, 6) is 0. The summed E-state index contributed by atoms with van der Waals surface area (Å²) >= 11 is 0. The second-order valence-corrected chi connectivity index (χ2v) is 8.56. The van der Waals surface area contributed by atoms with E-state index < -0.39 is 20.4 Å². The van der Waals surface area contributed by atoms with Crippen molar-refractivity contribution in [2.75, 3.05) is 13.1 Å². The second kappa shape index (κ2) is 4.27. The molecule has 1 aliphatic rings. The Kier molecular flexibility index (Phi) is 3.72. The van der Waals surface area contributed by atoms with E-state index in [1.165, 1.54) is 4.31 Å². The van der Waals surface area contributed by atoms with Crippen molar-refractivity contribution < 1.29 is 13.5 Å². The van der Waals surface area contributed by atoms with Crippen LogP contribution in [0.15, 0.2) is 0 Å². The Labute approximate surface area is 98.7 Å². The van der Waals surface area contributed by atoms with E-state index in [0.29, 0.717) is 25.9 Å². The largest absolute Gasteiger partial charge is 0.390 e. The molecule has 0 radical (unpaired) electrons. The first kappa shape index (κ1) is 13.9. The maximum absolute atomic E-state index is 12.2. The smallest absolute Gasteiger partial charge is 0.219 e. The third-order valence-corrected chi connectivity index (χ3v) is 5.73. The van der Waals surface area contributed by atoms with Gasteiger partial charge in [-0.15, -0.1) is 0 Å². The molecule has 1 fully saturated rings. The maximum atomic E-state index is 12.2. The van der Waals surface area contributed by atoms with Crippen molar-refractivity contribution in [3.8, 4) is 0 Å². The molecule has 0 spiro atoms.